The number of hydrogen-bond acceptors (Lipinski definition) is 2. The molecule has 1 unspecified atom stereocenters. The van der Waals surface area contributed by atoms with Gasteiger partial charge < -0.3 is 5.73 Å². The second kappa shape index (κ2) is 6.85. The quantitative estimate of drug-likeness (QED) is 0.756. The summed E-state index contributed by atoms with van der Waals surface area (Å²) in [5.41, 5.74) is 6.87. The van der Waals surface area contributed by atoms with E-state index in [1.54, 1.807) is 0 Å². The number of benzene rings is 1. The third-order valence-electron chi connectivity index (χ3n) is 2.44. The highest BCUT2D eigenvalue weighted by Crippen LogP contribution is 2.20. The molecule has 1 rings (SSSR count). The maximum atomic E-state index is 12.7. The summed E-state index contributed by atoms with van der Waals surface area (Å²) in [6.45, 7) is 2.79. The Morgan fingerprint density at radius 3 is 2.53 bits per heavy atom. The molecule has 0 amide bonds. The number of halogens is 1. The van der Waals surface area contributed by atoms with E-state index in [9.17, 15) is 4.39 Å². The average Bonchev–Trinajstić information content (AvgIpc) is 2.26. The fourth-order valence-corrected chi connectivity index (χ4v) is 2.27. The van der Waals surface area contributed by atoms with E-state index >= 15 is 0 Å². The first-order valence-corrected chi connectivity index (χ1v) is 6.46. The zero-order valence-corrected chi connectivity index (χ0v) is 9.90. The van der Waals surface area contributed by atoms with Gasteiger partial charge in [-0.25, -0.2) is 4.39 Å². The Kier molecular flexibility index (Phi) is 5.73. The lowest BCUT2D eigenvalue weighted by molar-refractivity contribution is 0.622. The SMILES string of the molecule is CCSCCC(CN)c1ccc(F)cc1. The van der Waals surface area contributed by atoms with Gasteiger partial charge in [-0.05, 0) is 48.1 Å². The van der Waals surface area contributed by atoms with Crippen molar-refractivity contribution in [2.75, 3.05) is 18.1 Å². The number of nitrogens with two attached hydrogens (primary N) is 1. The van der Waals surface area contributed by atoms with E-state index in [-0.39, 0.29) is 5.82 Å². The van der Waals surface area contributed by atoms with Gasteiger partial charge >= 0.3 is 0 Å². The Morgan fingerprint density at radius 1 is 1.33 bits per heavy atom. The van der Waals surface area contributed by atoms with Crippen molar-refractivity contribution in [1.29, 1.82) is 0 Å². The molecule has 84 valence electrons. The van der Waals surface area contributed by atoms with Gasteiger partial charge in [0.1, 0.15) is 5.82 Å². The molecule has 0 saturated heterocycles. The number of hydrogen-bond donors (Lipinski definition) is 1. The van der Waals surface area contributed by atoms with E-state index < -0.39 is 0 Å². The van der Waals surface area contributed by atoms with E-state index in [4.69, 9.17) is 5.73 Å². The Morgan fingerprint density at radius 2 is 2.00 bits per heavy atom. The molecule has 15 heavy (non-hydrogen) atoms. The maximum absolute atomic E-state index is 12.7. The van der Waals surface area contributed by atoms with Crippen molar-refractivity contribution >= 4 is 11.8 Å². The Balaban J connectivity index is 2.53. The normalized spacial score (nSPS) is 12.7. The monoisotopic (exact) mass is 227 g/mol. The molecular weight excluding hydrogens is 209 g/mol. The fourth-order valence-electron chi connectivity index (χ4n) is 1.53. The molecule has 1 aromatic rings. The topological polar surface area (TPSA) is 26.0 Å². The highest BCUT2D eigenvalue weighted by Gasteiger charge is 2.09. The van der Waals surface area contributed by atoms with E-state index in [0.29, 0.717) is 12.5 Å². The van der Waals surface area contributed by atoms with Crippen LogP contribution in [0.4, 0.5) is 4.39 Å². The molecular formula is C12H18FNS. The number of rotatable bonds is 6. The summed E-state index contributed by atoms with van der Waals surface area (Å²) < 4.78 is 12.7. The van der Waals surface area contributed by atoms with Crippen LogP contribution in [0.5, 0.6) is 0 Å². The first-order chi connectivity index (χ1) is 7.27. The van der Waals surface area contributed by atoms with Crippen LogP contribution in [-0.4, -0.2) is 18.1 Å². The molecule has 0 fully saturated rings. The van der Waals surface area contributed by atoms with E-state index in [1.165, 1.54) is 12.1 Å². The van der Waals surface area contributed by atoms with Gasteiger partial charge in [-0.1, -0.05) is 19.1 Å². The van der Waals surface area contributed by atoms with Gasteiger partial charge in [0.25, 0.3) is 0 Å². The van der Waals surface area contributed by atoms with Crippen LogP contribution < -0.4 is 5.73 Å². The molecule has 1 atom stereocenters. The molecule has 0 heterocycles. The second-order valence-electron chi connectivity index (χ2n) is 3.47. The van der Waals surface area contributed by atoms with Crippen molar-refractivity contribution in [3.8, 4) is 0 Å². The van der Waals surface area contributed by atoms with E-state index in [1.807, 2.05) is 23.9 Å². The van der Waals surface area contributed by atoms with Crippen molar-refractivity contribution in [2.45, 2.75) is 19.3 Å². The van der Waals surface area contributed by atoms with Crippen molar-refractivity contribution in [2.24, 2.45) is 5.73 Å². The van der Waals surface area contributed by atoms with Crippen LogP contribution in [0.2, 0.25) is 0 Å². The zero-order chi connectivity index (χ0) is 11.1. The van der Waals surface area contributed by atoms with Crippen LogP contribution in [0.1, 0.15) is 24.8 Å². The second-order valence-corrected chi connectivity index (χ2v) is 4.86. The van der Waals surface area contributed by atoms with Crippen LogP contribution >= 0.6 is 11.8 Å². The minimum absolute atomic E-state index is 0.183. The predicted octanol–water partition coefficient (Wildman–Crippen LogP) is 3.01. The molecule has 0 saturated carbocycles. The lowest BCUT2D eigenvalue weighted by Crippen LogP contribution is -2.13. The van der Waals surface area contributed by atoms with Gasteiger partial charge in [0, 0.05) is 0 Å². The maximum Gasteiger partial charge on any atom is 0.123 e. The standard InChI is InChI=1S/C12H18FNS/c1-2-15-8-7-11(9-14)10-3-5-12(13)6-4-10/h3-6,11H,2,7-9,14H2,1H3. The predicted molar refractivity (Wildman–Crippen MR) is 65.8 cm³/mol. The molecule has 1 aromatic carbocycles. The highest BCUT2D eigenvalue weighted by molar-refractivity contribution is 7.99. The summed E-state index contributed by atoms with van der Waals surface area (Å²) in [5.74, 6) is 2.44. The summed E-state index contributed by atoms with van der Waals surface area (Å²) in [7, 11) is 0. The van der Waals surface area contributed by atoms with Crippen molar-refractivity contribution in [1.82, 2.24) is 0 Å². The van der Waals surface area contributed by atoms with Crippen molar-refractivity contribution < 1.29 is 4.39 Å². The van der Waals surface area contributed by atoms with Gasteiger partial charge in [0.2, 0.25) is 0 Å². The number of thioether (sulfide) groups is 1. The van der Waals surface area contributed by atoms with Crippen LogP contribution in [0.15, 0.2) is 24.3 Å². The van der Waals surface area contributed by atoms with Gasteiger partial charge in [-0.3, -0.25) is 0 Å². The Bertz CT molecular complexity index is 273. The molecule has 0 aromatic heterocycles. The lowest BCUT2D eigenvalue weighted by atomic mass is 9.97. The Labute approximate surface area is 95.2 Å². The average molecular weight is 227 g/mol. The molecule has 1 nitrogen and oxygen atoms in total. The summed E-state index contributed by atoms with van der Waals surface area (Å²) in [6, 6.07) is 6.68. The molecule has 0 aliphatic carbocycles. The summed E-state index contributed by atoms with van der Waals surface area (Å²) in [4.78, 5) is 0. The van der Waals surface area contributed by atoms with Crippen molar-refractivity contribution in [3.63, 3.8) is 0 Å². The van der Waals surface area contributed by atoms with Gasteiger partial charge in [-0.15, -0.1) is 0 Å². The van der Waals surface area contributed by atoms with Crippen LogP contribution in [-0.2, 0) is 0 Å². The molecule has 0 aliphatic heterocycles. The summed E-state index contributed by atoms with van der Waals surface area (Å²) in [5, 5.41) is 0. The minimum atomic E-state index is -0.183. The summed E-state index contributed by atoms with van der Waals surface area (Å²) in [6.07, 6.45) is 1.07. The smallest absolute Gasteiger partial charge is 0.123 e. The minimum Gasteiger partial charge on any atom is -0.330 e. The molecule has 0 aliphatic rings. The lowest BCUT2D eigenvalue weighted by Gasteiger charge is -2.14. The summed E-state index contributed by atoms with van der Waals surface area (Å²) >= 11 is 1.92. The third kappa shape index (κ3) is 4.22. The molecule has 2 N–H and O–H groups in total. The molecule has 3 heteroatoms. The molecule has 0 spiro atoms. The van der Waals surface area contributed by atoms with E-state index in [2.05, 4.69) is 6.92 Å². The van der Waals surface area contributed by atoms with Crippen LogP contribution in [0.25, 0.3) is 0 Å². The van der Waals surface area contributed by atoms with Crippen LogP contribution in [0.3, 0.4) is 0 Å². The van der Waals surface area contributed by atoms with E-state index in [0.717, 1.165) is 23.5 Å². The first kappa shape index (κ1) is 12.5. The highest BCUT2D eigenvalue weighted by atomic mass is 32.2. The van der Waals surface area contributed by atoms with Gasteiger partial charge in [0.15, 0.2) is 0 Å². The van der Waals surface area contributed by atoms with Gasteiger partial charge in [-0.2, -0.15) is 11.8 Å². The van der Waals surface area contributed by atoms with Crippen LogP contribution in [0, 0.1) is 5.82 Å². The largest absolute Gasteiger partial charge is 0.330 e. The molecule has 0 bridgehead atoms. The zero-order valence-electron chi connectivity index (χ0n) is 9.08. The molecule has 0 radical (unpaired) electrons. The van der Waals surface area contributed by atoms with Crippen molar-refractivity contribution in [3.05, 3.63) is 35.6 Å². The fraction of sp³-hybridized carbons (Fsp3) is 0.500. The van der Waals surface area contributed by atoms with Gasteiger partial charge in [0.05, 0.1) is 0 Å². The first-order valence-electron chi connectivity index (χ1n) is 5.31. The third-order valence-corrected chi connectivity index (χ3v) is 3.37. The Hall–Kier alpha value is -0.540.